The SMILES string of the molecule is O=C1CCCC=C1C/C=C\CCCOC1CCCCO1. The Balaban J connectivity index is 1.51. The van der Waals surface area contributed by atoms with Crippen molar-refractivity contribution in [1.29, 1.82) is 0 Å². The van der Waals surface area contributed by atoms with Gasteiger partial charge in [-0.25, -0.2) is 0 Å². The van der Waals surface area contributed by atoms with Gasteiger partial charge in [0.25, 0.3) is 0 Å². The quantitative estimate of drug-likeness (QED) is 0.523. The summed E-state index contributed by atoms with van der Waals surface area (Å²) in [5.41, 5.74) is 0.999. The fourth-order valence-electron chi connectivity index (χ4n) is 2.60. The van der Waals surface area contributed by atoms with Gasteiger partial charge in [-0.15, -0.1) is 0 Å². The first kappa shape index (κ1) is 15.5. The summed E-state index contributed by atoms with van der Waals surface area (Å²) in [6.07, 6.45) is 15.4. The molecule has 0 radical (unpaired) electrons. The van der Waals surface area contributed by atoms with Gasteiger partial charge in [0, 0.05) is 13.0 Å². The number of ketones is 1. The molecular weight excluding hydrogens is 252 g/mol. The highest BCUT2D eigenvalue weighted by molar-refractivity contribution is 5.96. The third kappa shape index (κ3) is 5.59. The van der Waals surface area contributed by atoms with Crippen molar-refractivity contribution in [3.8, 4) is 0 Å². The summed E-state index contributed by atoms with van der Waals surface area (Å²) in [6.45, 7) is 1.60. The molecule has 0 amide bonds. The smallest absolute Gasteiger partial charge is 0.158 e. The third-order valence-electron chi connectivity index (χ3n) is 3.82. The molecule has 1 aliphatic carbocycles. The molecule has 1 unspecified atom stereocenters. The lowest BCUT2D eigenvalue weighted by molar-refractivity contribution is -0.162. The van der Waals surface area contributed by atoms with Crippen LogP contribution in [0.2, 0.25) is 0 Å². The Morgan fingerprint density at radius 1 is 1.30 bits per heavy atom. The summed E-state index contributed by atoms with van der Waals surface area (Å²) in [7, 11) is 0. The minimum atomic E-state index is 0.0257. The highest BCUT2D eigenvalue weighted by atomic mass is 16.7. The Labute approximate surface area is 122 Å². The van der Waals surface area contributed by atoms with Gasteiger partial charge in [-0.05, 0) is 56.9 Å². The average molecular weight is 278 g/mol. The minimum absolute atomic E-state index is 0.0257. The topological polar surface area (TPSA) is 35.5 Å². The number of unbranched alkanes of at least 4 members (excludes halogenated alkanes) is 1. The molecule has 3 heteroatoms. The third-order valence-corrected chi connectivity index (χ3v) is 3.82. The first-order valence-electron chi connectivity index (χ1n) is 7.96. The Morgan fingerprint density at radius 2 is 2.25 bits per heavy atom. The van der Waals surface area contributed by atoms with Crippen LogP contribution < -0.4 is 0 Å². The fraction of sp³-hybridized carbons (Fsp3) is 0.706. The first-order chi connectivity index (χ1) is 9.86. The van der Waals surface area contributed by atoms with Crippen molar-refractivity contribution in [3.63, 3.8) is 0 Å². The summed E-state index contributed by atoms with van der Waals surface area (Å²) in [5, 5.41) is 0. The van der Waals surface area contributed by atoms with E-state index in [0.717, 1.165) is 70.2 Å². The van der Waals surface area contributed by atoms with Crippen molar-refractivity contribution < 1.29 is 14.3 Å². The molecule has 1 heterocycles. The zero-order valence-electron chi connectivity index (χ0n) is 12.3. The lowest BCUT2D eigenvalue weighted by Crippen LogP contribution is -2.22. The first-order valence-corrected chi connectivity index (χ1v) is 7.96. The molecule has 0 bridgehead atoms. The number of Topliss-reactive ketones (excluding diaryl/α,β-unsaturated/α-hetero) is 1. The van der Waals surface area contributed by atoms with Crippen LogP contribution in [0.3, 0.4) is 0 Å². The van der Waals surface area contributed by atoms with Gasteiger partial charge in [-0.2, -0.15) is 0 Å². The zero-order chi connectivity index (χ0) is 14.0. The van der Waals surface area contributed by atoms with Gasteiger partial charge in [0.05, 0.1) is 6.61 Å². The van der Waals surface area contributed by atoms with E-state index in [-0.39, 0.29) is 6.29 Å². The van der Waals surface area contributed by atoms with E-state index < -0.39 is 0 Å². The van der Waals surface area contributed by atoms with Gasteiger partial charge in [0.15, 0.2) is 12.1 Å². The second kappa shape index (κ2) is 9.09. The van der Waals surface area contributed by atoms with E-state index in [1.165, 1.54) is 6.42 Å². The summed E-state index contributed by atoms with van der Waals surface area (Å²) in [4.78, 5) is 11.6. The highest BCUT2D eigenvalue weighted by Crippen LogP contribution is 2.17. The van der Waals surface area contributed by atoms with Crippen molar-refractivity contribution >= 4 is 5.78 Å². The normalized spacial score (nSPS) is 24.1. The van der Waals surface area contributed by atoms with Crippen LogP contribution in [0.1, 0.15) is 57.8 Å². The number of carbonyl (C=O) groups excluding carboxylic acids is 1. The van der Waals surface area contributed by atoms with E-state index in [4.69, 9.17) is 9.47 Å². The minimum Gasteiger partial charge on any atom is -0.353 e. The number of ether oxygens (including phenoxy) is 2. The Morgan fingerprint density at radius 3 is 3.05 bits per heavy atom. The maximum atomic E-state index is 11.6. The van der Waals surface area contributed by atoms with Gasteiger partial charge in [-0.3, -0.25) is 4.79 Å². The Bertz CT molecular complexity index is 351. The van der Waals surface area contributed by atoms with E-state index in [9.17, 15) is 4.79 Å². The molecule has 112 valence electrons. The highest BCUT2D eigenvalue weighted by Gasteiger charge is 2.13. The molecule has 2 rings (SSSR count). The van der Waals surface area contributed by atoms with Crippen LogP contribution in [0, 0.1) is 0 Å². The monoisotopic (exact) mass is 278 g/mol. The van der Waals surface area contributed by atoms with Gasteiger partial charge in [0.2, 0.25) is 0 Å². The predicted octanol–water partition coefficient (Wildman–Crippen LogP) is 3.94. The van der Waals surface area contributed by atoms with Gasteiger partial charge in [0.1, 0.15) is 0 Å². The molecule has 0 N–H and O–H groups in total. The number of carbonyl (C=O) groups is 1. The molecule has 0 aromatic rings. The summed E-state index contributed by atoms with van der Waals surface area (Å²) in [5.74, 6) is 0.332. The molecule has 0 aromatic heterocycles. The molecule has 3 nitrogen and oxygen atoms in total. The Hall–Kier alpha value is -0.930. The van der Waals surface area contributed by atoms with E-state index in [1.54, 1.807) is 0 Å². The molecule has 0 spiro atoms. The number of hydrogen-bond acceptors (Lipinski definition) is 3. The van der Waals surface area contributed by atoms with Crippen molar-refractivity contribution in [2.24, 2.45) is 0 Å². The van der Waals surface area contributed by atoms with Crippen LogP contribution >= 0.6 is 0 Å². The van der Waals surface area contributed by atoms with Crippen LogP contribution in [-0.4, -0.2) is 25.3 Å². The number of rotatable bonds is 7. The standard InChI is InChI=1S/C17H26O3/c18-16-11-5-4-10-15(16)9-3-1-2-7-13-19-17-12-6-8-14-20-17/h1,3,10,17H,2,4-9,11-14H2/b3-1-. The van der Waals surface area contributed by atoms with Crippen LogP contribution in [0.25, 0.3) is 0 Å². The average Bonchev–Trinajstić information content (AvgIpc) is 2.49. The lowest BCUT2D eigenvalue weighted by Gasteiger charge is -2.22. The molecule has 1 saturated heterocycles. The molecule has 0 saturated carbocycles. The summed E-state index contributed by atoms with van der Waals surface area (Å²) >= 11 is 0. The van der Waals surface area contributed by atoms with Gasteiger partial charge < -0.3 is 9.47 Å². The van der Waals surface area contributed by atoms with Gasteiger partial charge >= 0.3 is 0 Å². The summed E-state index contributed by atoms with van der Waals surface area (Å²) in [6, 6.07) is 0. The van der Waals surface area contributed by atoms with E-state index in [1.807, 2.05) is 0 Å². The van der Waals surface area contributed by atoms with Crippen molar-refractivity contribution in [1.82, 2.24) is 0 Å². The van der Waals surface area contributed by atoms with Gasteiger partial charge in [-0.1, -0.05) is 18.2 Å². The summed E-state index contributed by atoms with van der Waals surface area (Å²) < 4.78 is 11.2. The molecule has 0 aromatic carbocycles. The van der Waals surface area contributed by atoms with Crippen molar-refractivity contribution in [2.75, 3.05) is 13.2 Å². The van der Waals surface area contributed by atoms with Crippen LogP contribution in [-0.2, 0) is 14.3 Å². The van der Waals surface area contributed by atoms with E-state index in [2.05, 4.69) is 18.2 Å². The zero-order valence-corrected chi connectivity index (χ0v) is 12.3. The second-order valence-electron chi connectivity index (χ2n) is 5.53. The van der Waals surface area contributed by atoms with Crippen LogP contribution in [0.15, 0.2) is 23.8 Å². The Kier molecular flexibility index (Phi) is 7.02. The predicted molar refractivity (Wildman–Crippen MR) is 79.5 cm³/mol. The van der Waals surface area contributed by atoms with Crippen molar-refractivity contribution in [2.45, 2.75) is 64.1 Å². The number of hydrogen-bond donors (Lipinski definition) is 0. The lowest BCUT2D eigenvalue weighted by atomic mass is 9.96. The number of allylic oxidation sites excluding steroid dienone is 4. The second-order valence-corrected chi connectivity index (χ2v) is 5.53. The maximum Gasteiger partial charge on any atom is 0.158 e. The van der Waals surface area contributed by atoms with Crippen molar-refractivity contribution in [3.05, 3.63) is 23.8 Å². The molecule has 1 aliphatic heterocycles. The van der Waals surface area contributed by atoms with Crippen LogP contribution in [0.4, 0.5) is 0 Å². The molecular formula is C17H26O3. The fourth-order valence-corrected chi connectivity index (χ4v) is 2.60. The maximum absolute atomic E-state index is 11.6. The van der Waals surface area contributed by atoms with E-state index >= 15 is 0 Å². The van der Waals surface area contributed by atoms with E-state index in [0.29, 0.717) is 5.78 Å². The molecule has 2 aliphatic rings. The molecule has 20 heavy (non-hydrogen) atoms. The van der Waals surface area contributed by atoms with Crippen LogP contribution in [0.5, 0.6) is 0 Å². The largest absolute Gasteiger partial charge is 0.353 e. The molecule has 1 fully saturated rings. The molecule has 1 atom stereocenters.